The van der Waals surface area contributed by atoms with E-state index in [2.05, 4.69) is 26.9 Å². The van der Waals surface area contributed by atoms with Crippen molar-refractivity contribution in [3.8, 4) is 11.1 Å². The van der Waals surface area contributed by atoms with Crippen LogP contribution < -0.4 is 21.8 Å². The molecule has 0 spiro atoms. The van der Waals surface area contributed by atoms with Crippen molar-refractivity contribution in [3.05, 3.63) is 59.1 Å². The number of benzene rings is 2. The lowest BCUT2D eigenvalue weighted by molar-refractivity contribution is -0.139. The molecular weight excluding hydrogens is 408 g/mol. The summed E-state index contributed by atoms with van der Waals surface area (Å²) in [7, 11) is 1.56. The Hall–Kier alpha value is -3.14. The first-order valence-corrected chi connectivity index (χ1v) is 9.68. The summed E-state index contributed by atoms with van der Waals surface area (Å²) < 4.78 is 0. The smallest absolute Gasteiger partial charge is 0.320 e. The fourth-order valence-electron chi connectivity index (χ4n) is 3.02. The molecule has 2 atom stereocenters. The fraction of sp³-hybridized carbons (Fsp3) is 0.250. The third-order valence-corrected chi connectivity index (χ3v) is 4.95. The Bertz CT molecular complexity index is 950. The number of nitrogens with zero attached hydrogens (tertiary/aromatic N) is 2. The number of hydrogen-bond acceptors (Lipinski definition) is 7. The highest BCUT2D eigenvalue weighted by Gasteiger charge is 2.29. The topological polar surface area (TPSA) is 118 Å². The molecule has 1 amide bonds. The first-order chi connectivity index (χ1) is 14.3. The van der Waals surface area contributed by atoms with Gasteiger partial charge in [-0.2, -0.15) is 0 Å². The summed E-state index contributed by atoms with van der Waals surface area (Å²) in [6.45, 7) is 1.50. The number of rotatable bonds is 7. The molecule has 0 radical (unpaired) electrons. The van der Waals surface area contributed by atoms with Crippen molar-refractivity contribution in [2.75, 3.05) is 7.05 Å². The van der Waals surface area contributed by atoms with E-state index >= 15 is 0 Å². The molecule has 2 aromatic rings. The van der Waals surface area contributed by atoms with Gasteiger partial charge in [-0.15, -0.1) is 10.6 Å². The number of hydrazine groups is 2. The van der Waals surface area contributed by atoms with E-state index in [4.69, 9.17) is 11.6 Å². The number of carboxylic acid groups (broad SMARTS) is 1. The molecule has 0 saturated heterocycles. The van der Waals surface area contributed by atoms with E-state index in [-0.39, 0.29) is 11.9 Å². The fourth-order valence-corrected chi connectivity index (χ4v) is 3.21. The summed E-state index contributed by atoms with van der Waals surface area (Å²) in [5.74, 6) is -1.07. The Morgan fingerprint density at radius 3 is 2.53 bits per heavy atom. The quantitative estimate of drug-likeness (QED) is 0.449. The van der Waals surface area contributed by atoms with Crippen molar-refractivity contribution in [1.29, 1.82) is 0 Å². The molecule has 1 heterocycles. The standard InChI is InChI=1S/C20H23ClN6O3/c1-12(19(29)30)22-17(18(28)27(2)20-23-25-26-24-20)10-13-6-8-14(9-7-13)15-4-3-5-16(21)11-15/h3-9,11-12,17,22,25-26H,10H2,1-2H3,(H,23,24)(H,29,30)/t12-,17?/m0/s1. The van der Waals surface area contributed by atoms with E-state index in [1.807, 2.05) is 48.5 Å². The molecular formula is C20H23ClN6O3. The van der Waals surface area contributed by atoms with Gasteiger partial charge < -0.3 is 5.11 Å². The zero-order valence-corrected chi connectivity index (χ0v) is 17.3. The number of hydrogen-bond donors (Lipinski definition) is 5. The van der Waals surface area contributed by atoms with E-state index in [1.165, 1.54) is 11.8 Å². The zero-order chi connectivity index (χ0) is 21.7. The first-order valence-electron chi connectivity index (χ1n) is 9.30. The maximum absolute atomic E-state index is 13.0. The van der Waals surface area contributed by atoms with Gasteiger partial charge >= 0.3 is 5.97 Å². The van der Waals surface area contributed by atoms with E-state index in [9.17, 15) is 14.7 Å². The lowest BCUT2D eigenvalue weighted by Crippen LogP contribution is -2.54. The molecule has 9 nitrogen and oxygen atoms in total. The number of hydrazone groups is 1. The molecule has 1 unspecified atom stereocenters. The highest BCUT2D eigenvalue weighted by molar-refractivity contribution is 6.30. The van der Waals surface area contributed by atoms with Gasteiger partial charge in [0, 0.05) is 12.1 Å². The van der Waals surface area contributed by atoms with Crippen molar-refractivity contribution >= 4 is 29.4 Å². The van der Waals surface area contributed by atoms with Gasteiger partial charge in [-0.05, 0) is 42.2 Å². The largest absolute Gasteiger partial charge is 0.480 e. The predicted molar refractivity (Wildman–Crippen MR) is 114 cm³/mol. The van der Waals surface area contributed by atoms with Crippen molar-refractivity contribution < 1.29 is 14.7 Å². The summed E-state index contributed by atoms with van der Waals surface area (Å²) in [5.41, 5.74) is 10.6. The molecule has 0 bridgehead atoms. The minimum absolute atomic E-state index is 0.283. The minimum atomic E-state index is -1.04. The van der Waals surface area contributed by atoms with Crippen LogP contribution in [0.25, 0.3) is 11.1 Å². The van der Waals surface area contributed by atoms with Crippen molar-refractivity contribution in [2.24, 2.45) is 5.10 Å². The van der Waals surface area contributed by atoms with Gasteiger partial charge in [-0.25, -0.2) is 5.53 Å². The number of carbonyl (C=O) groups is 2. The molecule has 2 aromatic carbocycles. The van der Waals surface area contributed by atoms with Crippen LogP contribution in [0.2, 0.25) is 5.02 Å². The molecule has 0 aliphatic carbocycles. The molecule has 1 aliphatic heterocycles. The van der Waals surface area contributed by atoms with Gasteiger partial charge in [-0.1, -0.05) is 48.0 Å². The number of nitrogens with one attached hydrogen (secondary N) is 4. The third-order valence-electron chi connectivity index (χ3n) is 4.71. The first kappa shape index (κ1) is 21.6. The Kier molecular flexibility index (Phi) is 6.88. The third kappa shape index (κ3) is 5.26. The Morgan fingerprint density at radius 1 is 1.20 bits per heavy atom. The highest BCUT2D eigenvalue weighted by atomic mass is 35.5. The van der Waals surface area contributed by atoms with Crippen LogP contribution in [-0.4, -0.2) is 47.0 Å². The van der Waals surface area contributed by atoms with E-state index < -0.39 is 18.1 Å². The second kappa shape index (κ2) is 9.57. The van der Waals surface area contributed by atoms with Gasteiger partial charge in [0.05, 0.1) is 6.04 Å². The molecule has 0 aromatic heterocycles. The average Bonchev–Trinajstić information content (AvgIpc) is 3.27. The number of guanidine groups is 1. The van der Waals surface area contributed by atoms with Crippen molar-refractivity contribution in [3.63, 3.8) is 0 Å². The molecule has 0 fully saturated rings. The highest BCUT2D eigenvalue weighted by Crippen LogP contribution is 2.23. The summed E-state index contributed by atoms with van der Waals surface area (Å²) >= 11 is 6.07. The van der Waals surface area contributed by atoms with E-state index in [1.54, 1.807) is 7.05 Å². The summed E-state index contributed by atoms with van der Waals surface area (Å²) in [6.07, 6.45) is 0.310. The van der Waals surface area contributed by atoms with Gasteiger partial charge in [0.2, 0.25) is 11.9 Å². The van der Waals surface area contributed by atoms with Gasteiger partial charge in [0.25, 0.3) is 0 Å². The minimum Gasteiger partial charge on any atom is -0.480 e. The summed E-state index contributed by atoms with van der Waals surface area (Å²) in [4.78, 5) is 25.6. The van der Waals surface area contributed by atoms with Crippen LogP contribution in [0.15, 0.2) is 53.6 Å². The van der Waals surface area contributed by atoms with Crippen LogP contribution >= 0.6 is 11.6 Å². The van der Waals surface area contributed by atoms with Crippen LogP contribution in [0.4, 0.5) is 0 Å². The molecule has 10 heteroatoms. The average molecular weight is 431 g/mol. The molecule has 1 aliphatic rings. The maximum Gasteiger partial charge on any atom is 0.320 e. The summed E-state index contributed by atoms with van der Waals surface area (Å²) in [5, 5.41) is 16.7. The number of halogens is 1. The Balaban J connectivity index is 1.78. The van der Waals surface area contributed by atoms with Gasteiger partial charge in [0.1, 0.15) is 6.04 Å². The zero-order valence-electron chi connectivity index (χ0n) is 16.5. The molecule has 3 rings (SSSR count). The van der Waals surface area contributed by atoms with Crippen LogP contribution in [0, 0.1) is 0 Å². The lowest BCUT2D eigenvalue weighted by Gasteiger charge is -2.25. The number of amides is 1. The van der Waals surface area contributed by atoms with Crippen molar-refractivity contribution in [1.82, 2.24) is 26.7 Å². The van der Waals surface area contributed by atoms with Crippen LogP contribution in [0.3, 0.4) is 0 Å². The SMILES string of the molecule is C[C@H](NC(Cc1ccc(-c2cccc(Cl)c2)cc1)C(=O)N(C)C1=NNNN1)C(=O)O. The molecule has 0 saturated carbocycles. The Morgan fingerprint density at radius 2 is 1.93 bits per heavy atom. The Labute approximate surface area is 179 Å². The number of carboxylic acids is 1. The van der Waals surface area contributed by atoms with Crippen LogP contribution in [0.5, 0.6) is 0 Å². The normalized spacial score (nSPS) is 14.8. The van der Waals surface area contributed by atoms with Crippen LogP contribution in [-0.2, 0) is 16.0 Å². The monoisotopic (exact) mass is 430 g/mol. The molecule has 158 valence electrons. The lowest BCUT2D eigenvalue weighted by atomic mass is 9.99. The summed E-state index contributed by atoms with van der Waals surface area (Å²) in [6, 6.07) is 13.6. The number of aliphatic carboxylic acids is 1. The number of likely N-dealkylation sites (N-methyl/N-ethyl adjacent to an activating group) is 1. The predicted octanol–water partition coefficient (Wildman–Crippen LogP) is 1.32. The van der Waals surface area contributed by atoms with E-state index in [0.717, 1.165) is 16.7 Å². The maximum atomic E-state index is 13.0. The van der Waals surface area contributed by atoms with E-state index in [0.29, 0.717) is 11.4 Å². The number of carbonyl (C=O) groups excluding carboxylic acids is 1. The molecule has 5 N–H and O–H groups in total. The van der Waals surface area contributed by atoms with Crippen LogP contribution in [0.1, 0.15) is 12.5 Å². The second-order valence-electron chi connectivity index (χ2n) is 6.89. The second-order valence-corrected chi connectivity index (χ2v) is 7.32. The van der Waals surface area contributed by atoms with Gasteiger partial charge in [-0.3, -0.25) is 25.2 Å². The van der Waals surface area contributed by atoms with Crippen molar-refractivity contribution in [2.45, 2.75) is 25.4 Å². The van der Waals surface area contributed by atoms with Gasteiger partial charge in [0.15, 0.2) is 0 Å². The molecule has 30 heavy (non-hydrogen) atoms.